The molecule has 0 atom stereocenters. The summed E-state index contributed by atoms with van der Waals surface area (Å²) in [6, 6.07) is 19.9. The Balaban J connectivity index is 1.55. The Bertz CT molecular complexity index is 521. The van der Waals surface area contributed by atoms with E-state index in [1.165, 1.54) is 42.6 Å². The lowest BCUT2D eigenvalue weighted by Gasteiger charge is -2.32. The lowest BCUT2D eigenvalue weighted by atomic mass is 9.89. The number of piperidine rings is 1. The second-order valence-electron chi connectivity index (χ2n) is 5.95. The largest absolute Gasteiger partial charge is 0.299 e. The second kappa shape index (κ2) is 6.23. The maximum atomic E-state index is 2.58. The maximum Gasteiger partial charge on any atom is 0.0233 e. The molecule has 0 radical (unpaired) electrons. The van der Waals surface area contributed by atoms with E-state index in [4.69, 9.17) is 0 Å². The minimum Gasteiger partial charge on any atom is -0.299 e. The number of hydrogen-bond donors (Lipinski definition) is 0. The molecule has 0 unspecified atom stereocenters. The highest BCUT2D eigenvalue weighted by Gasteiger charge is 2.20. The Labute approximate surface area is 122 Å². The van der Waals surface area contributed by atoms with E-state index in [-0.39, 0.29) is 0 Å². The summed E-state index contributed by atoms with van der Waals surface area (Å²) in [6.45, 7) is 5.69. The quantitative estimate of drug-likeness (QED) is 0.796. The second-order valence-corrected chi connectivity index (χ2v) is 5.95. The fourth-order valence-corrected chi connectivity index (χ4v) is 3.10. The molecule has 1 aliphatic heterocycles. The van der Waals surface area contributed by atoms with Gasteiger partial charge in [0.15, 0.2) is 0 Å². The Morgan fingerprint density at radius 1 is 0.900 bits per heavy atom. The predicted molar refractivity (Wildman–Crippen MR) is 84.9 cm³/mol. The van der Waals surface area contributed by atoms with Crippen molar-refractivity contribution in [2.45, 2.75) is 32.2 Å². The minimum atomic E-state index is 0.752. The van der Waals surface area contributed by atoms with E-state index in [2.05, 4.69) is 66.4 Å². The molecule has 2 aromatic rings. The minimum absolute atomic E-state index is 0.752. The molecule has 1 nitrogen and oxygen atoms in total. The van der Waals surface area contributed by atoms with Gasteiger partial charge in [-0.3, -0.25) is 4.90 Å². The molecule has 0 aliphatic carbocycles. The molecule has 0 saturated carbocycles. The van der Waals surface area contributed by atoms with Crippen molar-refractivity contribution in [2.75, 3.05) is 13.1 Å². The first-order valence-electron chi connectivity index (χ1n) is 7.64. The van der Waals surface area contributed by atoms with Gasteiger partial charge in [0, 0.05) is 6.54 Å². The van der Waals surface area contributed by atoms with Crippen LogP contribution >= 0.6 is 0 Å². The van der Waals surface area contributed by atoms with E-state index in [1.54, 1.807) is 0 Å². The van der Waals surface area contributed by atoms with Gasteiger partial charge in [-0.25, -0.2) is 0 Å². The highest BCUT2D eigenvalue weighted by molar-refractivity contribution is 5.25. The first-order valence-corrected chi connectivity index (χ1v) is 7.64. The summed E-state index contributed by atoms with van der Waals surface area (Å²) in [4.78, 5) is 2.58. The third-order valence-corrected chi connectivity index (χ3v) is 4.39. The Morgan fingerprint density at radius 2 is 1.55 bits per heavy atom. The van der Waals surface area contributed by atoms with E-state index in [0.717, 1.165) is 12.5 Å². The normalized spacial score (nSPS) is 17.2. The van der Waals surface area contributed by atoms with Crippen molar-refractivity contribution in [3.05, 3.63) is 71.3 Å². The number of benzene rings is 2. The first-order chi connectivity index (χ1) is 9.81. The number of nitrogens with zero attached hydrogens (tertiary/aromatic N) is 1. The van der Waals surface area contributed by atoms with Gasteiger partial charge in [0.1, 0.15) is 0 Å². The van der Waals surface area contributed by atoms with Crippen LogP contribution in [0.3, 0.4) is 0 Å². The standard InChI is InChI=1S/C19H23N/c1-16-7-9-18(10-8-16)19-11-13-20(14-12-19)15-17-5-3-2-4-6-17/h2-10,19H,11-15H2,1H3. The van der Waals surface area contributed by atoms with Gasteiger partial charge in [-0.15, -0.1) is 0 Å². The molecule has 0 bridgehead atoms. The van der Waals surface area contributed by atoms with Crippen molar-refractivity contribution < 1.29 is 0 Å². The molecule has 2 aromatic carbocycles. The summed E-state index contributed by atoms with van der Waals surface area (Å²) in [6.07, 6.45) is 2.58. The van der Waals surface area contributed by atoms with Crippen molar-refractivity contribution >= 4 is 0 Å². The molecule has 104 valence electrons. The molecule has 1 fully saturated rings. The highest BCUT2D eigenvalue weighted by Crippen LogP contribution is 2.28. The SMILES string of the molecule is Cc1ccc(C2CCN(Cc3ccccc3)CC2)cc1. The Hall–Kier alpha value is -1.60. The van der Waals surface area contributed by atoms with Crippen LogP contribution in [0.15, 0.2) is 54.6 Å². The van der Waals surface area contributed by atoms with E-state index < -0.39 is 0 Å². The summed E-state index contributed by atoms with van der Waals surface area (Å²) in [5.74, 6) is 0.752. The van der Waals surface area contributed by atoms with Crippen molar-refractivity contribution in [2.24, 2.45) is 0 Å². The molecule has 1 saturated heterocycles. The zero-order valence-electron chi connectivity index (χ0n) is 12.3. The monoisotopic (exact) mass is 265 g/mol. The summed E-state index contributed by atoms with van der Waals surface area (Å²) in [5, 5.41) is 0. The average molecular weight is 265 g/mol. The summed E-state index contributed by atoms with van der Waals surface area (Å²) in [5.41, 5.74) is 4.31. The molecule has 0 aromatic heterocycles. The maximum absolute atomic E-state index is 2.58. The lowest BCUT2D eigenvalue weighted by Crippen LogP contribution is -2.32. The van der Waals surface area contributed by atoms with Crippen LogP contribution < -0.4 is 0 Å². The number of rotatable bonds is 3. The van der Waals surface area contributed by atoms with Crippen LogP contribution in [-0.4, -0.2) is 18.0 Å². The van der Waals surface area contributed by atoms with Crippen molar-refractivity contribution in [1.82, 2.24) is 4.90 Å². The van der Waals surface area contributed by atoms with Gasteiger partial charge in [0.05, 0.1) is 0 Å². The van der Waals surface area contributed by atoms with Gasteiger partial charge >= 0.3 is 0 Å². The molecule has 0 N–H and O–H groups in total. The van der Waals surface area contributed by atoms with Crippen molar-refractivity contribution in [1.29, 1.82) is 0 Å². The van der Waals surface area contributed by atoms with Crippen LogP contribution in [0.4, 0.5) is 0 Å². The summed E-state index contributed by atoms with van der Waals surface area (Å²) >= 11 is 0. The molecular formula is C19H23N. The fraction of sp³-hybridized carbons (Fsp3) is 0.368. The average Bonchev–Trinajstić information content (AvgIpc) is 2.50. The highest BCUT2D eigenvalue weighted by atomic mass is 15.1. The van der Waals surface area contributed by atoms with Crippen LogP contribution in [0.5, 0.6) is 0 Å². The van der Waals surface area contributed by atoms with Crippen LogP contribution in [0.1, 0.15) is 35.4 Å². The molecule has 1 heterocycles. The lowest BCUT2D eigenvalue weighted by molar-refractivity contribution is 0.204. The zero-order valence-corrected chi connectivity index (χ0v) is 12.3. The van der Waals surface area contributed by atoms with Crippen LogP contribution in [-0.2, 0) is 6.54 Å². The molecule has 20 heavy (non-hydrogen) atoms. The molecule has 1 aliphatic rings. The van der Waals surface area contributed by atoms with E-state index >= 15 is 0 Å². The van der Waals surface area contributed by atoms with Crippen LogP contribution in [0.2, 0.25) is 0 Å². The van der Waals surface area contributed by atoms with Gasteiger partial charge in [0.2, 0.25) is 0 Å². The van der Waals surface area contributed by atoms with E-state index in [9.17, 15) is 0 Å². The van der Waals surface area contributed by atoms with Crippen LogP contribution in [0.25, 0.3) is 0 Å². The molecule has 1 heteroatoms. The number of aryl methyl sites for hydroxylation is 1. The van der Waals surface area contributed by atoms with Gasteiger partial charge in [0.25, 0.3) is 0 Å². The molecule has 0 amide bonds. The van der Waals surface area contributed by atoms with Gasteiger partial charge < -0.3 is 0 Å². The Morgan fingerprint density at radius 3 is 2.20 bits per heavy atom. The zero-order chi connectivity index (χ0) is 13.8. The third-order valence-electron chi connectivity index (χ3n) is 4.39. The van der Waals surface area contributed by atoms with Gasteiger partial charge in [-0.2, -0.15) is 0 Å². The van der Waals surface area contributed by atoms with Gasteiger partial charge in [-0.1, -0.05) is 60.2 Å². The first kappa shape index (κ1) is 13.4. The molecule has 3 rings (SSSR count). The molecule has 0 spiro atoms. The van der Waals surface area contributed by atoms with Crippen molar-refractivity contribution in [3.63, 3.8) is 0 Å². The van der Waals surface area contributed by atoms with E-state index in [1.807, 2.05) is 0 Å². The number of hydrogen-bond acceptors (Lipinski definition) is 1. The van der Waals surface area contributed by atoms with Gasteiger partial charge in [-0.05, 0) is 49.9 Å². The van der Waals surface area contributed by atoms with E-state index in [0.29, 0.717) is 0 Å². The summed E-state index contributed by atoms with van der Waals surface area (Å²) in [7, 11) is 0. The molecular weight excluding hydrogens is 242 g/mol. The van der Waals surface area contributed by atoms with Crippen LogP contribution in [0, 0.1) is 6.92 Å². The topological polar surface area (TPSA) is 3.24 Å². The fourth-order valence-electron chi connectivity index (χ4n) is 3.10. The van der Waals surface area contributed by atoms with Crippen molar-refractivity contribution in [3.8, 4) is 0 Å². The third kappa shape index (κ3) is 3.29. The Kier molecular flexibility index (Phi) is 4.17. The predicted octanol–water partition coefficient (Wildman–Crippen LogP) is 4.37. The smallest absolute Gasteiger partial charge is 0.0233 e. The number of likely N-dealkylation sites (tertiary alicyclic amines) is 1. The summed E-state index contributed by atoms with van der Waals surface area (Å²) < 4.78 is 0.